The highest BCUT2D eigenvalue weighted by Gasteiger charge is 2.24. The number of aryl methyl sites for hydroxylation is 2. The van der Waals surface area contributed by atoms with Crippen LogP contribution in [0.3, 0.4) is 0 Å². The standard InChI is InChI=1S/C19H20N2O2S/c1-4-23-18(22)17(14-8-6-5-7-9-14)24-19-20-15-10-12(2)13(3)11-16(15)21-19/h5-11,17H,4H2,1-3H3,(H,20,21). The molecule has 0 amide bonds. The molecule has 5 heteroatoms. The van der Waals surface area contributed by atoms with Gasteiger partial charge in [0, 0.05) is 0 Å². The molecule has 1 atom stereocenters. The Morgan fingerprint density at radius 3 is 2.62 bits per heavy atom. The number of H-pyrrole nitrogens is 1. The predicted octanol–water partition coefficient (Wildman–Crippen LogP) is 4.58. The van der Waals surface area contributed by atoms with E-state index >= 15 is 0 Å². The second kappa shape index (κ2) is 7.09. The van der Waals surface area contributed by atoms with Crippen molar-refractivity contribution in [3.05, 3.63) is 59.2 Å². The summed E-state index contributed by atoms with van der Waals surface area (Å²) in [4.78, 5) is 20.3. The summed E-state index contributed by atoms with van der Waals surface area (Å²) in [6.07, 6.45) is 0. The highest BCUT2D eigenvalue weighted by Crippen LogP contribution is 2.35. The average Bonchev–Trinajstić information content (AvgIpc) is 2.95. The van der Waals surface area contributed by atoms with Crippen molar-refractivity contribution in [3.8, 4) is 0 Å². The van der Waals surface area contributed by atoms with Crippen molar-refractivity contribution in [3.63, 3.8) is 0 Å². The van der Waals surface area contributed by atoms with Gasteiger partial charge in [-0.2, -0.15) is 0 Å². The lowest BCUT2D eigenvalue weighted by Crippen LogP contribution is -2.13. The van der Waals surface area contributed by atoms with Gasteiger partial charge in [0.25, 0.3) is 0 Å². The number of thioether (sulfide) groups is 1. The zero-order chi connectivity index (χ0) is 17.1. The second-order valence-corrected chi connectivity index (χ2v) is 6.75. The first-order chi connectivity index (χ1) is 11.6. The first kappa shape index (κ1) is 16.6. The third-order valence-corrected chi connectivity index (χ3v) is 5.03. The van der Waals surface area contributed by atoms with Gasteiger partial charge in [-0.3, -0.25) is 4.79 Å². The summed E-state index contributed by atoms with van der Waals surface area (Å²) in [6, 6.07) is 13.8. The van der Waals surface area contributed by atoms with Gasteiger partial charge in [0.1, 0.15) is 5.25 Å². The van der Waals surface area contributed by atoms with E-state index in [9.17, 15) is 4.79 Å². The molecule has 1 N–H and O–H groups in total. The monoisotopic (exact) mass is 340 g/mol. The minimum Gasteiger partial charge on any atom is -0.465 e. The molecule has 1 aromatic heterocycles. The summed E-state index contributed by atoms with van der Waals surface area (Å²) >= 11 is 1.39. The van der Waals surface area contributed by atoms with Crippen LogP contribution in [0.5, 0.6) is 0 Å². The number of ether oxygens (including phenoxy) is 1. The fourth-order valence-corrected chi connectivity index (χ4v) is 3.51. The average molecular weight is 340 g/mol. The van der Waals surface area contributed by atoms with Crippen molar-refractivity contribution >= 4 is 28.8 Å². The summed E-state index contributed by atoms with van der Waals surface area (Å²) in [5.74, 6) is -0.249. The number of esters is 1. The van der Waals surface area contributed by atoms with Crippen LogP contribution in [0.4, 0.5) is 0 Å². The fraction of sp³-hybridized carbons (Fsp3) is 0.263. The predicted molar refractivity (Wildman–Crippen MR) is 97.2 cm³/mol. The SMILES string of the molecule is CCOC(=O)C(Sc1nc2cc(C)c(C)cc2[nH]1)c1ccccc1. The van der Waals surface area contributed by atoms with Gasteiger partial charge < -0.3 is 9.72 Å². The molecular formula is C19H20N2O2S. The van der Waals surface area contributed by atoms with E-state index in [2.05, 4.69) is 35.9 Å². The third kappa shape index (κ3) is 3.46. The van der Waals surface area contributed by atoms with E-state index in [0.29, 0.717) is 6.61 Å². The minimum absolute atomic E-state index is 0.249. The summed E-state index contributed by atoms with van der Waals surface area (Å²) in [5, 5.41) is 0.283. The summed E-state index contributed by atoms with van der Waals surface area (Å²) in [5.41, 5.74) is 5.23. The van der Waals surface area contributed by atoms with Gasteiger partial charge in [0.05, 0.1) is 17.6 Å². The number of rotatable bonds is 5. The Morgan fingerprint density at radius 2 is 1.92 bits per heavy atom. The Labute approximate surface area is 145 Å². The van der Waals surface area contributed by atoms with Gasteiger partial charge in [-0.1, -0.05) is 42.1 Å². The maximum Gasteiger partial charge on any atom is 0.324 e. The Balaban J connectivity index is 1.93. The van der Waals surface area contributed by atoms with Crippen LogP contribution in [0, 0.1) is 13.8 Å². The Morgan fingerprint density at radius 1 is 1.21 bits per heavy atom. The number of carbonyl (C=O) groups excluding carboxylic acids is 1. The van der Waals surface area contributed by atoms with E-state index in [1.807, 2.05) is 37.3 Å². The quantitative estimate of drug-likeness (QED) is 0.546. The zero-order valence-electron chi connectivity index (χ0n) is 14.0. The highest BCUT2D eigenvalue weighted by molar-refractivity contribution is 8.00. The summed E-state index contributed by atoms with van der Waals surface area (Å²) in [6.45, 7) is 6.33. The van der Waals surface area contributed by atoms with Gasteiger partial charge in [-0.25, -0.2) is 4.98 Å². The first-order valence-corrected chi connectivity index (χ1v) is 8.81. The molecule has 1 unspecified atom stereocenters. The number of fused-ring (bicyclic) bond motifs is 1. The molecule has 3 aromatic rings. The van der Waals surface area contributed by atoms with E-state index in [1.165, 1.54) is 22.9 Å². The number of imidazole rings is 1. The van der Waals surface area contributed by atoms with Gasteiger partial charge in [-0.05, 0) is 49.6 Å². The van der Waals surface area contributed by atoms with Crippen molar-refractivity contribution in [1.29, 1.82) is 0 Å². The Hall–Kier alpha value is -2.27. The number of aromatic amines is 1. The smallest absolute Gasteiger partial charge is 0.324 e. The maximum absolute atomic E-state index is 12.4. The van der Waals surface area contributed by atoms with Gasteiger partial charge in [-0.15, -0.1) is 0 Å². The lowest BCUT2D eigenvalue weighted by Gasteiger charge is -2.14. The van der Waals surface area contributed by atoms with E-state index in [0.717, 1.165) is 21.8 Å². The molecule has 0 aliphatic rings. The van der Waals surface area contributed by atoms with E-state index in [4.69, 9.17) is 4.74 Å². The molecule has 0 saturated heterocycles. The molecule has 0 saturated carbocycles. The normalized spacial score (nSPS) is 12.3. The van der Waals surface area contributed by atoms with Crippen molar-refractivity contribution in [1.82, 2.24) is 9.97 Å². The molecule has 3 rings (SSSR count). The second-order valence-electron chi connectivity index (χ2n) is 5.66. The van der Waals surface area contributed by atoms with Crippen LogP contribution in [0.1, 0.15) is 28.9 Å². The van der Waals surface area contributed by atoms with Crippen molar-refractivity contribution in [2.75, 3.05) is 6.61 Å². The minimum atomic E-state index is -0.436. The van der Waals surface area contributed by atoms with E-state index in [-0.39, 0.29) is 5.97 Å². The molecule has 1 heterocycles. The number of nitrogens with one attached hydrogen (secondary N) is 1. The molecule has 0 aliphatic heterocycles. The molecule has 124 valence electrons. The molecule has 4 nitrogen and oxygen atoms in total. The van der Waals surface area contributed by atoms with Crippen LogP contribution in [0.25, 0.3) is 11.0 Å². The number of benzene rings is 2. The third-order valence-electron chi connectivity index (χ3n) is 3.91. The molecular weight excluding hydrogens is 320 g/mol. The van der Waals surface area contributed by atoms with Crippen LogP contribution in [-0.2, 0) is 9.53 Å². The Bertz CT molecular complexity index is 819. The van der Waals surface area contributed by atoms with Crippen LogP contribution in [0.15, 0.2) is 47.6 Å². The molecule has 24 heavy (non-hydrogen) atoms. The number of carbonyl (C=O) groups is 1. The maximum atomic E-state index is 12.4. The van der Waals surface area contributed by atoms with Crippen LogP contribution >= 0.6 is 11.8 Å². The molecule has 0 bridgehead atoms. The molecule has 0 fully saturated rings. The van der Waals surface area contributed by atoms with Gasteiger partial charge >= 0.3 is 5.97 Å². The van der Waals surface area contributed by atoms with Gasteiger partial charge in [0.2, 0.25) is 0 Å². The van der Waals surface area contributed by atoms with Crippen molar-refractivity contribution in [2.24, 2.45) is 0 Å². The largest absolute Gasteiger partial charge is 0.465 e. The summed E-state index contributed by atoms with van der Waals surface area (Å²) in [7, 11) is 0. The molecule has 2 aromatic carbocycles. The van der Waals surface area contributed by atoms with Crippen LogP contribution in [0.2, 0.25) is 0 Å². The number of aromatic nitrogens is 2. The molecule has 0 spiro atoms. The van der Waals surface area contributed by atoms with E-state index < -0.39 is 5.25 Å². The highest BCUT2D eigenvalue weighted by atomic mass is 32.2. The van der Waals surface area contributed by atoms with E-state index in [1.54, 1.807) is 0 Å². The lowest BCUT2D eigenvalue weighted by atomic mass is 10.1. The van der Waals surface area contributed by atoms with Crippen LogP contribution < -0.4 is 0 Å². The van der Waals surface area contributed by atoms with Crippen LogP contribution in [-0.4, -0.2) is 22.5 Å². The molecule has 0 radical (unpaired) electrons. The fourth-order valence-electron chi connectivity index (χ4n) is 2.51. The number of nitrogens with zero attached hydrogens (tertiary/aromatic N) is 1. The summed E-state index contributed by atoms with van der Waals surface area (Å²) < 4.78 is 5.24. The Kier molecular flexibility index (Phi) is 4.90. The first-order valence-electron chi connectivity index (χ1n) is 7.93. The van der Waals surface area contributed by atoms with Gasteiger partial charge in [0.15, 0.2) is 5.16 Å². The van der Waals surface area contributed by atoms with Crippen molar-refractivity contribution < 1.29 is 9.53 Å². The van der Waals surface area contributed by atoms with Crippen molar-refractivity contribution in [2.45, 2.75) is 31.2 Å². The zero-order valence-corrected chi connectivity index (χ0v) is 14.8. The number of hydrogen-bond acceptors (Lipinski definition) is 4. The lowest BCUT2D eigenvalue weighted by molar-refractivity contribution is -0.142. The number of hydrogen-bond donors (Lipinski definition) is 1. The topological polar surface area (TPSA) is 55.0 Å². The molecule has 0 aliphatic carbocycles.